The number of nitrogens with one attached hydrogen (secondary N) is 1. The van der Waals surface area contributed by atoms with E-state index in [2.05, 4.69) is 10.3 Å². The molecule has 126 valence electrons. The summed E-state index contributed by atoms with van der Waals surface area (Å²) in [6, 6.07) is 3.11. The molecular weight excluding hydrogens is 304 g/mol. The van der Waals surface area contributed by atoms with Crippen LogP contribution < -0.4 is 5.32 Å². The number of hydrogen-bond donors (Lipinski definition) is 2. The fraction of sp³-hybridized carbons (Fsp3) is 0.625. The monoisotopic (exact) mass is 325 g/mol. The summed E-state index contributed by atoms with van der Waals surface area (Å²) in [4.78, 5) is 18.0. The first kappa shape index (κ1) is 16.3. The van der Waals surface area contributed by atoms with Crippen molar-refractivity contribution in [1.29, 1.82) is 0 Å². The molecule has 23 heavy (non-hydrogen) atoms. The highest BCUT2D eigenvalue weighted by atomic mass is 19.3. The van der Waals surface area contributed by atoms with Crippen molar-refractivity contribution in [2.45, 2.75) is 50.2 Å². The lowest BCUT2D eigenvalue weighted by Crippen LogP contribution is -2.55. The number of carbonyl (C=O) groups is 1. The lowest BCUT2D eigenvalue weighted by atomic mass is 10.0. The Morgan fingerprint density at radius 1 is 1.48 bits per heavy atom. The van der Waals surface area contributed by atoms with Crippen LogP contribution in [0.1, 0.15) is 37.7 Å². The van der Waals surface area contributed by atoms with Crippen LogP contribution in [0.25, 0.3) is 0 Å². The molecule has 7 heteroatoms. The molecule has 2 heterocycles. The summed E-state index contributed by atoms with van der Waals surface area (Å²) in [6.45, 7) is 1.51. The lowest BCUT2D eigenvalue weighted by molar-refractivity contribution is -0.155. The Kier molecular flexibility index (Phi) is 4.33. The van der Waals surface area contributed by atoms with Gasteiger partial charge in [-0.05, 0) is 37.3 Å². The van der Waals surface area contributed by atoms with Gasteiger partial charge in [0.25, 0.3) is 5.92 Å². The molecule has 0 bridgehead atoms. The second-order valence-corrected chi connectivity index (χ2v) is 6.44. The van der Waals surface area contributed by atoms with Crippen LogP contribution in [0.4, 0.5) is 14.6 Å². The highest BCUT2D eigenvalue weighted by Gasteiger charge is 2.44. The Labute approximate surface area is 133 Å². The molecule has 3 rings (SSSR count). The Hall–Kier alpha value is -1.60. The summed E-state index contributed by atoms with van der Waals surface area (Å²) in [5, 5.41) is 12.2. The maximum Gasteiger partial charge on any atom is 0.275 e. The van der Waals surface area contributed by atoms with Gasteiger partial charge in [-0.25, -0.2) is 13.8 Å². The molecule has 1 aromatic heterocycles. The largest absolute Gasteiger partial charge is 0.386 e. The van der Waals surface area contributed by atoms with E-state index in [0.717, 1.165) is 0 Å². The minimum atomic E-state index is -3.08. The van der Waals surface area contributed by atoms with Crippen molar-refractivity contribution in [3.05, 3.63) is 23.9 Å². The molecular formula is C16H21F2N3O2. The van der Waals surface area contributed by atoms with Crippen molar-refractivity contribution in [2.24, 2.45) is 0 Å². The maximum atomic E-state index is 13.3. The number of aliphatic hydroxyl groups excluding tert-OH is 1. The van der Waals surface area contributed by atoms with Gasteiger partial charge in [0.05, 0.1) is 6.04 Å². The zero-order chi connectivity index (χ0) is 16.6. The minimum absolute atomic E-state index is 0.0761. The predicted molar refractivity (Wildman–Crippen MR) is 81.4 cm³/mol. The van der Waals surface area contributed by atoms with Crippen LogP contribution in [0.5, 0.6) is 0 Å². The fourth-order valence-corrected chi connectivity index (χ4v) is 2.79. The molecule has 0 aromatic carbocycles. The molecule has 2 N–H and O–H groups in total. The number of carbonyl (C=O) groups excluding carboxylic acids is 1. The van der Waals surface area contributed by atoms with Gasteiger partial charge in [0, 0.05) is 25.7 Å². The van der Waals surface area contributed by atoms with Crippen molar-refractivity contribution in [3.8, 4) is 0 Å². The van der Waals surface area contributed by atoms with Crippen molar-refractivity contribution in [2.75, 3.05) is 18.4 Å². The van der Waals surface area contributed by atoms with E-state index in [9.17, 15) is 18.7 Å². The van der Waals surface area contributed by atoms with Gasteiger partial charge < -0.3 is 10.4 Å². The highest BCUT2D eigenvalue weighted by Crippen LogP contribution is 2.39. The number of nitrogens with zero attached hydrogens (tertiary/aromatic N) is 2. The number of pyridine rings is 1. The van der Waals surface area contributed by atoms with Gasteiger partial charge in [-0.15, -0.1) is 0 Å². The van der Waals surface area contributed by atoms with E-state index in [4.69, 9.17) is 0 Å². The fourth-order valence-electron chi connectivity index (χ4n) is 2.79. The number of aliphatic hydroxyl groups is 1. The number of likely N-dealkylation sites (tertiary alicyclic amines) is 1. The number of halogens is 2. The summed E-state index contributed by atoms with van der Waals surface area (Å²) in [7, 11) is 0. The third-order valence-corrected chi connectivity index (χ3v) is 4.64. The molecule has 1 aromatic rings. The third kappa shape index (κ3) is 3.67. The molecule has 0 unspecified atom stereocenters. The van der Waals surface area contributed by atoms with Crippen molar-refractivity contribution in [3.63, 3.8) is 0 Å². The molecule has 1 saturated carbocycles. The van der Waals surface area contributed by atoms with E-state index in [1.807, 2.05) is 6.07 Å². The number of piperidine rings is 1. The number of rotatable bonds is 4. The molecule has 5 nitrogen and oxygen atoms in total. The van der Waals surface area contributed by atoms with Gasteiger partial charge >= 0.3 is 0 Å². The van der Waals surface area contributed by atoms with Gasteiger partial charge in [0.1, 0.15) is 11.9 Å². The standard InChI is InChI=1S/C16H21F2N3O2/c1-10(21-7-6-16(17,18)13(22)9-21)15(23)20-14-5-4-12(8-19-14)11-2-3-11/h4-5,8,10-11,13,22H,2-3,6-7,9H2,1H3,(H,19,20,23)/t10-,13-/m0/s1. The molecule has 2 atom stereocenters. The van der Waals surface area contributed by atoms with Gasteiger partial charge in [0.15, 0.2) is 0 Å². The first-order valence-electron chi connectivity index (χ1n) is 7.93. The molecule has 1 aliphatic heterocycles. The zero-order valence-corrected chi connectivity index (χ0v) is 13.0. The van der Waals surface area contributed by atoms with Crippen LogP contribution in [-0.4, -0.2) is 52.1 Å². The highest BCUT2D eigenvalue weighted by molar-refractivity contribution is 5.93. The van der Waals surface area contributed by atoms with Crippen molar-refractivity contribution < 1.29 is 18.7 Å². The van der Waals surface area contributed by atoms with Gasteiger partial charge in [-0.1, -0.05) is 6.07 Å². The molecule has 0 spiro atoms. The molecule has 1 amide bonds. The second-order valence-electron chi connectivity index (χ2n) is 6.44. The lowest BCUT2D eigenvalue weighted by Gasteiger charge is -2.38. The van der Waals surface area contributed by atoms with E-state index in [1.165, 1.54) is 18.4 Å². The summed E-state index contributed by atoms with van der Waals surface area (Å²) in [6.07, 6.45) is 1.96. The molecule has 1 aliphatic carbocycles. The SMILES string of the molecule is C[C@@H](C(=O)Nc1ccc(C2CC2)cn1)N1CCC(F)(F)[C@@H](O)C1. The van der Waals surface area contributed by atoms with E-state index >= 15 is 0 Å². The number of β-amino-alcohol motifs (C(OH)–C–C–N with tert-alkyl or cyclic N) is 1. The topological polar surface area (TPSA) is 65.5 Å². The Bertz CT molecular complexity index is 575. The summed E-state index contributed by atoms with van der Waals surface area (Å²) < 4.78 is 26.6. The number of hydrogen-bond acceptors (Lipinski definition) is 4. The van der Waals surface area contributed by atoms with Crippen LogP contribution in [0.15, 0.2) is 18.3 Å². The average molecular weight is 325 g/mol. The van der Waals surface area contributed by atoms with Gasteiger partial charge in [-0.3, -0.25) is 9.69 Å². The van der Waals surface area contributed by atoms with Crippen LogP contribution in [-0.2, 0) is 4.79 Å². The summed E-state index contributed by atoms with van der Waals surface area (Å²) >= 11 is 0. The van der Waals surface area contributed by atoms with E-state index in [0.29, 0.717) is 11.7 Å². The van der Waals surface area contributed by atoms with Crippen LogP contribution in [0.2, 0.25) is 0 Å². The zero-order valence-electron chi connectivity index (χ0n) is 13.0. The Morgan fingerprint density at radius 3 is 2.78 bits per heavy atom. The molecule has 2 aliphatic rings. The van der Waals surface area contributed by atoms with Gasteiger partial charge in [-0.2, -0.15) is 0 Å². The second kappa shape index (κ2) is 6.13. The summed E-state index contributed by atoms with van der Waals surface area (Å²) in [5.41, 5.74) is 1.18. The first-order chi connectivity index (χ1) is 10.9. The number of aromatic nitrogens is 1. The molecule has 0 radical (unpaired) electrons. The van der Waals surface area contributed by atoms with Crippen LogP contribution >= 0.6 is 0 Å². The normalized spacial score (nSPS) is 25.8. The van der Waals surface area contributed by atoms with Crippen LogP contribution in [0.3, 0.4) is 0 Å². The minimum Gasteiger partial charge on any atom is -0.386 e. The maximum absolute atomic E-state index is 13.3. The number of alkyl halides is 2. The van der Waals surface area contributed by atoms with Crippen LogP contribution in [0, 0.1) is 0 Å². The Morgan fingerprint density at radius 2 is 2.22 bits per heavy atom. The van der Waals surface area contributed by atoms with E-state index in [-0.39, 0.29) is 19.0 Å². The number of amides is 1. The van der Waals surface area contributed by atoms with Crippen molar-refractivity contribution in [1.82, 2.24) is 9.88 Å². The van der Waals surface area contributed by atoms with Gasteiger partial charge in [0.2, 0.25) is 5.91 Å². The first-order valence-corrected chi connectivity index (χ1v) is 7.93. The van der Waals surface area contributed by atoms with E-state index in [1.54, 1.807) is 24.1 Å². The van der Waals surface area contributed by atoms with Crippen molar-refractivity contribution >= 4 is 11.7 Å². The summed E-state index contributed by atoms with van der Waals surface area (Å²) in [5.74, 6) is -2.33. The Balaban J connectivity index is 1.57. The smallest absolute Gasteiger partial charge is 0.275 e. The average Bonchev–Trinajstić information content (AvgIpc) is 3.35. The van der Waals surface area contributed by atoms with E-state index < -0.39 is 24.5 Å². The molecule has 2 fully saturated rings. The quantitative estimate of drug-likeness (QED) is 0.888. The number of anilines is 1. The third-order valence-electron chi connectivity index (χ3n) is 4.64. The predicted octanol–water partition coefficient (Wildman–Crippen LogP) is 1.99. The molecule has 1 saturated heterocycles.